The molecule has 0 saturated carbocycles. The lowest BCUT2D eigenvalue weighted by atomic mass is 10.0. The number of hydrogen-bond donors (Lipinski definition) is 1. The minimum Gasteiger partial charge on any atom is -0.318 e. The van der Waals surface area contributed by atoms with Crippen LogP contribution in [0.3, 0.4) is 0 Å². The topological polar surface area (TPSA) is 106 Å². The van der Waals surface area contributed by atoms with Gasteiger partial charge in [0, 0.05) is 17.1 Å². The Labute approximate surface area is 244 Å². The first kappa shape index (κ1) is 28.2. The number of primary sulfonamides is 1. The number of nitrogens with zero attached hydrogens (tertiary/aromatic N) is 3. The molecule has 2 heterocycles. The summed E-state index contributed by atoms with van der Waals surface area (Å²) in [7, 11) is -3.83. The number of carbonyl (C=O) groups excluding carboxylic acids is 2. The van der Waals surface area contributed by atoms with Gasteiger partial charge in [0.25, 0.3) is 11.8 Å². The molecule has 3 aromatic carbocycles. The molecule has 1 aliphatic heterocycles. The first-order valence-corrected chi connectivity index (χ1v) is 14.7. The lowest BCUT2D eigenvalue weighted by Gasteiger charge is -2.36. The molecule has 208 valence electrons. The Balaban J connectivity index is 1.64. The van der Waals surface area contributed by atoms with Crippen molar-refractivity contribution in [1.29, 1.82) is 0 Å². The van der Waals surface area contributed by atoms with Crippen LogP contribution in [0.2, 0.25) is 0 Å². The fourth-order valence-corrected chi connectivity index (χ4v) is 5.79. The second kappa shape index (κ2) is 10.5. The van der Waals surface area contributed by atoms with Gasteiger partial charge in [0.05, 0.1) is 16.3 Å². The lowest BCUT2D eigenvalue weighted by Crippen LogP contribution is -2.57. The Morgan fingerprint density at radius 3 is 1.90 bits per heavy atom. The molecule has 10 heteroatoms. The molecular formula is C31H28N4O4S2. The van der Waals surface area contributed by atoms with Gasteiger partial charge in [0.15, 0.2) is 5.11 Å². The minimum absolute atomic E-state index is 0.00728. The number of aromatic nitrogens is 1. The van der Waals surface area contributed by atoms with Crippen molar-refractivity contribution in [3.8, 4) is 5.69 Å². The third-order valence-corrected chi connectivity index (χ3v) is 8.50. The first-order valence-electron chi connectivity index (χ1n) is 12.8. The number of aryl methyl sites for hydroxylation is 3. The Hall–Kier alpha value is -4.38. The van der Waals surface area contributed by atoms with Gasteiger partial charge in [-0.3, -0.25) is 19.4 Å². The lowest BCUT2D eigenvalue weighted by molar-refractivity contribution is -0.120. The van der Waals surface area contributed by atoms with Crippen molar-refractivity contribution in [2.45, 2.75) is 32.6 Å². The molecule has 1 fully saturated rings. The fourth-order valence-electron chi connectivity index (χ4n) is 4.90. The molecule has 5 rings (SSSR count). The zero-order valence-electron chi connectivity index (χ0n) is 23.0. The molecular weight excluding hydrogens is 556 g/mol. The van der Waals surface area contributed by atoms with Gasteiger partial charge in [-0.2, -0.15) is 0 Å². The van der Waals surface area contributed by atoms with Crippen molar-refractivity contribution in [3.05, 3.63) is 113 Å². The van der Waals surface area contributed by atoms with E-state index in [1.165, 1.54) is 21.9 Å². The van der Waals surface area contributed by atoms with Gasteiger partial charge in [-0.1, -0.05) is 24.3 Å². The Morgan fingerprint density at radius 1 is 0.732 bits per heavy atom. The Kier molecular flexibility index (Phi) is 7.24. The molecule has 2 N–H and O–H groups in total. The molecule has 0 aliphatic carbocycles. The highest BCUT2D eigenvalue weighted by Crippen LogP contribution is 2.32. The molecule has 1 aliphatic rings. The van der Waals surface area contributed by atoms with Gasteiger partial charge in [-0.25, -0.2) is 13.6 Å². The molecule has 4 aromatic rings. The van der Waals surface area contributed by atoms with Crippen molar-refractivity contribution in [2.75, 3.05) is 9.80 Å². The summed E-state index contributed by atoms with van der Waals surface area (Å²) in [5.41, 5.74) is 6.11. The Bertz CT molecular complexity index is 1860. The third kappa shape index (κ3) is 5.13. The van der Waals surface area contributed by atoms with Crippen molar-refractivity contribution in [1.82, 2.24) is 4.57 Å². The average molecular weight is 585 g/mol. The van der Waals surface area contributed by atoms with E-state index < -0.39 is 21.8 Å². The second-order valence-corrected chi connectivity index (χ2v) is 11.9. The predicted molar refractivity (Wildman–Crippen MR) is 165 cm³/mol. The number of nitrogens with two attached hydrogens (primary N) is 1. The highest BCUT2D eigenvalue weighted by Gasteiger charge is 2.41. The number of carbonyl (C=O) groups is 2. The van der Waals surface area contributed by atoms with Crippen LogP contribution in [-0.4, -0.2) is 29.9 Å². The summed E-state index contributed by atoms with van der Waals surface area (Å²) in [6.45, 7) is 7.70. The van der Waals surface area contributed by atoms with E-state index in [0.717, 1.165) is 22.5 Å². The summed E-state index contributed by atoms with van der Waals surface area (Å²) in [6.07, 6.45) is 1.59. The van der Waals surface area contributed by atoms with Crippen LogP contribution < -0.4 is 14.9 Å². The van der Waals surface area contributed by atoms with E-state index in [2.05, 4.69) is 0 Å². The molecule has 2 amide bonds. The second-order valence-electron chi connectivity index (χ2n) is 9.93. The van der Waals surface area contributed by atoms with Crippen LogP contribution in [0.25, 0.3) is 11.8 Å². The highest BCUT2D eigenvalue weighted by atomic mass is 32.2. The summed E-state index contributed by atoms with van der Waals surface area (Å²) in [4.78, 5) is 30.7. The van der Waals surface area contributed by atoms with E-state index in [0.29, 0.717) is 22.6 Å². The van der Waals surface area contributed by atoms with Crippen LogP contribution in [0.4, 0.5) is 11.4 Å². The average Bonchev–Trinajstić information content (AvgIpc) is 3.21. The van der Waals surface area contributed by atoms with Crippen LogP contribution in [0.1, 0.15) is 28.1 Å². The zero-order chi connectivity index (χ0) is 29.6. The SMILES string of the molecule is Cc1ccc(N2C(=O)/C(=C\c3cc(C)n(-c4ccc(S(N)(=O)=O)cc4)c3C)C(=O)N(c3ccccc3)C2=S)cc1C. The van der Waals surface area contributed by atoms with Crippen LogP contribution in [0.15, 0.2) is 89.3 Å². The van der Waals surface area contributed by atoms with Gasteiger partial charge in [0.2, 0.25) is 10.0 Å². The first-order chi connectivity index (χ1) is 19.4. The predicted octanol–water partition coefficient (Wildman–Crippen LogP) is 5.11. The fraction of sp³-hybridized carbons (Fsp3) is 0.129. The molecule has 1 saturated heterocycles. The van der Waals surface area contributed by atoms with Gasteiger partial charge >= 0.3 is 0 Å². The van der Waals surface area contributed by atoms with Crippen molar-refractivity contribution < 1.29 is 18.0 Å². The van der Waals surface area contributed by atoms with E-state index in [9.17, 15) is 18.0 Å². The van der Waals surface area contributed by atoms with Gasteiger partial charge in [0.1, 0.15) is 5.57 Å². The zero-order valence-corrected chi connectivity index (χ0v) is 24.6. The number of rotatable bonds is 5. The van der Waals surface area contributed by atoms with Crippen molar-refractivity contribution in [2.24, 2.45) is 5.14 Å². The molecule has 0 atom stereocenters. The number of benzene rings is 3. The maximum Gasteiger partial charge on any atom is 0.270 e. The number of para-hydroxylation sites is 1. The van der Waals surface area contributed by atoms with Gasteiger partial charge < -0.3 is 4.57 Å². The molecule has 41 heavy (non-hydrogen) atoms. The standard InChI is InChI=1S/C31H28N4O4S2/c1-19-10-11-26(16-20(19)2)35-30(37)28(29(36)34(31(35)40)24-8-6-5-7-9-24)18-23-17-21(3)33(22(23)4)25-12-14-27(15-13-25)41(32,38)39/h5-18H,1-4H3,(H2,32,38,39)/b28-18-. The third-order valence-electron chi connectivity index (χ3n) is 7.21. The molecule has 0 unspecified atom stereocenters. The summed E-state index contributed by atoms with van der Waals surface area (Å²) in [6, 6.07) is 22.7. The van der Waals surface area contributed by atoms with Crippen molar-refractivity contribution >= 4 is 56.6 Å². The summed E-state index contributed by atoms with van der Waals surface area (Å²) in [5.74, 6) is -1.04. The highest BCUT2D eigenvalue weighted by molar-refractivity contribution is 7.89. The van der Waals surface area contributed by atoms with Crippen LogP contribution in [0.5, 0.6) is 0 Å². The minimum atomic E-state index is -3.83. The van der Waals surface area contributed by atoms with E-state index in [4.69, 9.17) is 17.4 Å². The molecule has 0 bridgehead atoms. The Morgan fingerprint density at radius 2 is 1.32 bits per heavy atom. The number of hydrogen-bond acceptors (Lipinski definition) is 5. The van der Waals surface area contributed by atoms with Crippen LogP contribution in [-0.2, 0) is 19.6 Å². The monoisotopic (exact) mass is 584 g/mol. The molecule has 0 spiro atoms. The van der Waals surface area contributed by atoms with Crippen molar-refractivity contribution in [3.63, 3.8) is 0 Å². The summed E-state index contributed by atoms with van der Waals surface area (Å²) in [5, 5.41) is 5.32. The quantitative estimate of drug-likeness (QED) is 0.200. The maximum atomic E-state index is 14.0. The van der Waals surface area contributed by atoms with E-state index in [1.54, 1.807) is 42.5 Å². The maximum absolute atomic E-state index is 14.0. The number of amides is 2. The van der Waals surface area contributed by atoms with E-state index in [-0.39, 0.29) is 15.6 Å². The smallest absolute Gasteiger partial charge is 0.270 e. The normalized spacial score (nSPS) is 15.2. The largest absolute Gasteiger partial charge is 0.318 e. The summed E-state index contributed by atoms with van der Waals surface area (Å²) >= 11 is 5.74. The molecule has 1 aromatic heterocycles. The number of anilines is 2. The van der Waals surface area contributed by atoms with Gasteiger partial charge in [-0.05, 0) is 117 Å². The summed E-state index contributed by atoms with van der Waals surface area (Å²) < 4.78 is 25.3. The number of thiocarbonyl (C=S) groups is 1. The number of sulfonamides is 1. The molecule has 0 radical (unpaired) electrons. The van der Waals surface area contributed by atoms with Crippen LogP contribution in [0, 0.1) is 27.7 Å². The van der Waals surface area contributed by atoms with Gasteiger partial charge in [-0.15, -0.1) is 0 Å². The van der Waals surface area contributed by atoms with E-state index in [1.807, 2.05) is 62.6 Å². The van der Waals surface area contributed by atoms with Crippen LogP contribution >= 0.6 is 12.2 Å². The van der Waals surface area contributed by atoms with E-state index >= 15 is 0 Å². The molecule has 8 nitrogen and oxygen atoms in total.